The smallest absolute Gasteiger partial charge is 0.306 e. The molecule has 9 nitrogen and oxygen atoms in total. The number of hydrogen-bond acceptors (Lipinski definition) is 7. The highest BCUT2D eigenvalue weighted by atomic mass is 31.2. The summed E-state index contributed by atoms with van der Waals surface area (Å²) in [7, 11) is 1.15. The molecule has 0 bridgehead atoms. The van der Waals surface area contributed by atoms with Gasteiger partial charge in [0, 0.05) is 12.8 Å². The zero-order chi connectivity index (χ0) is 49.4. The molecule has 10 heteroatoms. The van der Waals surface area contributed by atoms with Crippen molar-refractivity contribution in [3.05, 3.63) is 72.9 Å². The summed E-state index contributed by atoms with van der Waals surface area (Å²) in [5.74, 6) is -0.600. The van der Waals surface area contributed by atoms with E-state index in [0.29, 0.717) is 23.9 Å². The van der Waals surface area contributed by atoms with Gasteiger partial charge in [-0.15, -0.1) is 0 Å². The van der Waals surface area contributed by atoms with Crippen LogP contribution in [0.2, 0.25) is 0 Å². The summed E-state index contributed by atoms with van der Waals surface area (Å²) in [5, 5.41) is 2.99. The van der Waals surface area contributed by atoms with Crippen LogP contribution >= 0.6 is 7.82 Å². The summed E-state index contributed by atoms with van der Waals surface area (Å²) < 4.78 is 30.1. The molecule has 0 radical (unpaired) electrons. The Balaban J connectivity index is 5.48. The minimum atomic E-state index is -4.70. The van der Waals surface area contributed by atoms with Gasteiger partial charge in [-0.05, 0) is 96.0 Å². The van der Waals surface area contributed by atoms with Gasteiger partial charge in [-0.25, -0.2) is 0 Å². The summed E-state index contributed by atoms with van der Waals surface area (Å²) >= 11 is 0. The Morgan fingerprint density at radius 3 is 1.45 bits per heavy atom. The lowest BCUT2D eigenvalue weighted by molar-refractivity contribution is -0.870. The molecule has 0 fully saturated rings. The molecule has 3 unspecified atom stereocenters. The summed E-state index contributed by atoms with van der Waals surface area (Å²) in [6.45, 7) is 6.66. The fourth-order valence-corrected chi connectivity index (χ4v) is 8.11. The highest BCUT2D eigenvalue weighted by molar-refractivity contribution is 7.45. The van der Waals surface area contributed by atoms with Crippen LogP contribution in [0.3, 0.4) is 0 Å². The molecule has 67 heavy (non-hydrogen) atoms. The van der Waals surface area contributed by atoms with Gasteiger partial charge < -0.3 is 28.5 Å². The number of carbonyl (C=O) groups excluding carboxylic acids is 2. The SMILES string of the molecule is CC/C=C/C/C=C/C/C=C/C/C=C/CCCCCC(=O)NC(COP(=O)([O-])OCC[N+](C)(C)C)C(/C=C/CCCCCCCCCCCC)OC(=O)CCCCC/C=C\CCCCCCCC. The Labute approximate surface area is 413 Å². The Morgan fingerprint density at radius 1 is 0.537 bits per heavy atom. The number of phosphoric acid groups is 1. The number of phosphoric ester groups is 1. The zero-order valence-corrected chi connectivity index (χ0v) is 45.0. The molecular weight excluding hydrogens is 856 g/mol. The number of likely N-dealkylation sites (N-methyl/N-ethyl adjacent to an activating group) is 1. The Kier molecular flexibility index (Phi) is 45.3. The highest BCUT2D eigenvalue weighted by Crippen LogP contribution is 2.38. The molecule has 3 atom stereocenters. The Morgan fingerprint density at radius 2 is 0.955 bits per heavy atom. The molecule has 0 saturated carbocycles. The third-order valence-corrected chi connectivity index (χ3v) is 12.6. The fraction of sp³-hybridized carbons (Fsp3) is 0.754. The monoisotopic (exact) mass is 959 g/mol. The normalized spacial score (nSPS) is 14.4. The molecule has 1 N–H and O–H groups in total. The van der Waals surface area contributed by atoms with Crippen LogP contribution in [-0.2, 0) is 27.9 Å². The number of amides is 1. The van der Waals surface area contributed by atoms with Gasteiger partial charge in [-0.1, -0.05) is 190 Å². The number of ether oxygens (including phenoxy) is 1. The molecule has 0 aromatic rings. The van der Waals surface area contributed by atoms with Crippen molar-refractivity contribution < 1.29 is 37.3 Å². The van der Waals surface area contributed by atoms with Crippen molar-refractivity contribution in [1.82, 2.24) is 5.32 Å². The molecule has 0 aromatic carbocycles. The average Bonchev–Trinajstić information content (AvgIpc) is 3.28. The molecule has 0 aromatic heterocycles. The maximum atomic E-state index is 13.4. The van der Waals surface area contributed by atoms with Crippen LogP contribution in [0.25, 0.3) is 0 Å². The van der Waals surface area contributed by atoms with Gasteiger partial charge in [0.05, 0.1) is 33.8 Å². The first-order chi connectivity index (χ1) is 32.4. The number of esters is 1. The largest absolute Gasteiger partial charge is 0.756 e. The van der Waals surface area contributed by atoms with E-state index in [9.17, 15) is 19.0 Å². The second-order valence-electron chi connectivity index (χ2n) is 19.3. The highest BCUT2D eigenvalue weighted by Gasteiger charge is 2.27. The lowest BCUT2D eigenvalue weighted by Gasteiger charge is -2.30. The second kappa shape index (κ2) is 47.1. The molecule has 0 aliphatic heterocycles. The lowest BCUT2D eigenvalue weighted by atomic mass is 10.1. The molecule has 1 amide bonds. The first-order valence-corrected chi connectivity index (χ1v) is 28.7. The quantitative estimate of drug-likeness (QED) is 0.0212. The van der Waals surface area contributed by atoms with Crippen LogP contribution in [0.4, 0.5) is 0 Å². The molecule has 0 aliphatic carbocycles. The Hall–Kier alpha value is -2.55. The first-order valence-electron chi connectivity index (χ1n) is 27.2. The fourth-order valence-electron chi connectivity index (χ4n) is 7.39. The number of rotatable bonds is 48. The summed E-state index contributed by atoms with van der Waals surface area (Å²) in [6.07, 6.45) is 58.7. The van der Waals surface area contributed by atoms with E-state index in [1.807, 2.05) is 33.3 Å². The van der Waals surface area contributed by atoms with Crippen molar-refractivity contribution in [2.75, 3.05) is 40.9 Å². The topological polar surface area (TPSA) is 114 Å². The molecule has 388 valence electrons. The van der Waals surface area contributed by atoms with Crippen LogP contribution in [0.1, 0.15) is 226 Å². The van der Waals surface area contributed by atoms with Crippen LogP contribution in [0.5, 0.6) is 0 Å². The van der Waals surface area contributed by atoms with Gasteiger partial charge in [0.2, 0.25) is 5.91 Å². The summed E-state index contributed by atoms with van der Waals surface area (Å²) in [4.78, 5) is 39.7. The van der Waals surface area contributed by atoms with Gasteiger partial charge in [0.25, 0.3) is 7.82 Å². The molecule has 0 saturated heterocycles. The first kappa shape index (κ1) is 64.5. The third kappa shape index (κ3) is 48.3. The molecule has 0 rings (SSSR count). The van der Waals surface area contributed by atoms with E-state index in [4.69, 9.17) is 13.8 Å². The van der Waals surface area contributed by atoms with E-state index in [0.717, 1.165) is 89.9 Å². The number of nitrogens with zero attached hydrogens (tertiary/aromatic N) is 1. The van der Waals surface area contributed by atoms with Gasteiger partial charge >= 0.3 is 5.97 Å². The maximum absolute atomic E-state index is 13.4. The van der Waals surface area contributed by atoms with Gasteiger partial charge in [-0.2, -0.15) is 0 Å². The van der Waals surface area contributed by atoms with Crippen LogP contribution in [-0.4, -0.2) is 69.4 Å². The number of unbranched alkanes of at least 4 members (excludes halogenated alkanes) is 22. The molecule has 0 aliphatic rings. The van der Waals surface area contributed by atoms with E-state index >= 15 is 0 Å². The van der Waals surface area contributed by atoms with Crippen molar-refractivity contribution in [2.24, 2.45) is 0 Å². The van der Waals surface area contributed by atoms with Gasteiger partial charge in [-0.3, -0.25) is 14.2 Å². The van der Waals surface area contributed by atoms with Gasteiger partial charge in [0.1, 0.15) is 19.3 Å². The van der Waals surface area contributed by atoms with E-state index in [1.165, 1.54) is 89.9 Å². The number of allylic oxidation sites excluding steroid dienone is 11. The molecular formula is C57H103N2O7P. The van der Waals surface area contributed by atoms with Crippen LogP contribution in [0.15, 0.2) is 72.9 Å². The maximum Gasteiger partial charge on any atom is 0.306 e. The van der Waals surface area contributed by atoms with E-state index < -0.39 is 26.6 Å². The third-order valence-electron chi connectivity index (χ3n) is 11.6. The standard InChI is InChI=1S/C57H103N2O7P/c1-7-10-13-16-19-22-25-28-29-30-32-34-37-40-43-46-49-56(60)58-54(53-65-67(62,63)64-52-51-59(4,5)6)55(48-45-42-39-36-33-27-24-21-18-15-12-9-3)66-57(61)50-47-44-41-38-35-31-26-23-20-17-14-11-8-2/h10,13,19,22,28-29,31-32,34-35,45,48,54-55H,7-9,11-12,14-18,20-21,23-27,30,33,36-44,46-47,49-53H2,1-6H3,(H-,58,60,62,63)/b13-10+,22-19+,29-28+,34-32+,35-31-,48-45+. The summed E-state index contributed by atoms with van der Waals surface area (Å²) in [5.41, 5.74) is 0. The predicted molar refractivity (Wildman–Crippen MR) is 284 cm³/mol. The van der Waals surface area contributed by atoms with Crippen molar-refractivity contribution in [1.29, 1.82) is 0 Å². The lowest BCUT2D eigenvalue weighted by Crippen LogP contribution is -2.47. The van der Waals surface area contributed by atoms with Crippen molar-refractivity contribution in [2.45, 2.75) is 238 Å². The number of hydrogen-bond donors (Lipinski definition) is 1. The van der Waals surface area contributed by atoms with Crippen molar-refractivity contribution >= 4 is 19.7 Å². The van der Waals surface area contributed by atoms with Crippen LogP contribution < -0.4 is 10.2 Å². The number of quaternary nitrogens is 1. The Bertz CT molecular complexity index is 1380. The minimum absolute atomic E-state index is 0.0334. The van der Waals surface area contributed by atoms with Crippen molar-refractivity contribution in [3.8, 4) is 0 Å². The van der Waals surface area contributed by atoms with Crippen molar-refractivity contribution in [3.63, 3.8) is 0 Å². The van der Waals surface area contributed by atoms with E-state index in [2.05, 4.69) is 86.8 Å². The summed E-state index contributed by atoms with van der Waals surface area (Å²) in [6, 6.07) is -0.911. The van der Waals surface area contributed by atoms with Gasteiger partial charge in [0.15, 0.2) is 0 Å². The zero-order valence-electron chi connectivity index (χ0n) is 44.1. The minimum Gasteiger partial charge on any atom is -0.756 e. The van der Waals surface area contributed by atoms with E-state index in [1.54, 1.807) is 0 Å². The predicted octanol–water partition coefficient (Wildman–Crippen LogP) is 15.5. The van der Waals surface area contributed by atoms with Crippen LogP contribution in [0, 0.1) is 0 Å². The second-order valence-corrected chi connectivity index (χ2v) is 20.8. The van der Waals surface area contributed by atoms with E-state index in [-0.39, 0.29) is 31.3 Å². The average molecular weight is 959 g/mol. The molecule has 0 heterocycles. The number of carbonyl (C=O) groups is 2. The number of nitrogens with one attached hydrogen (secondary N) is 1. The molecule has 0 spiro atoms.